The van der Waals surface area contributed by atoms with Gasteiger partial charge in [-0.25, -0.2) is 0 Å². The maximum Gasteiger partial charge on any atom is 0.163 e. The third-order valence-corrected chi connectivity index (χ3v) is 3.88. The Morgan fingerprint density at radius 1 is 0.550 bits per heavy atom. The first-order valence-electron chi connectivity index (χ1n) is 6.98. The summed E-state index contributed by atoms with van der Waals surface area (Å²) < 4.78 is 0. The van der Waals surface area contributed by atoms with Crippen molar-refractivity contribution < 1.29 is 9.59 Å². The quantitative estimate of drug-likeness (QED) is 0.728. The molecular weight excluding hydrogens is 248 g/mol. The van der Waals surface area contributed by atoms with E-state index in [1.807, 2.05) is 48.5 Å². The predicted molar refractivity (Wildman–Crippen MR) is 78.2 cm³/mol. The van der Waals surface area contributed by atoms with Gasteiger partial charge in [-0.05, 0) is 24.0 Å². The van der Waals surface area contributed by atoms with Crippen molar-refractivity contribution in [1.29, 1.82) is 0 Å². The summed E-state index contributed by atoms with van der Waals surface area (Å²) in [5, 5.41) is 0. The molecule has 0 heterocycles. The van der Waals surface area contributed by atoms with Crippen molar-refractivity contribution >= 4 is 11.6 Å². The van der Waals surface area contributed by atoms with Crippen LogP contribution in [-0.4, -0.2) is 11.6 Å². The minimum Gasteiger partial charge on any atom is -0.294 e. The molecule has 2 aromatic carbocycles. The maximum atomic E-state index is 12.3. The van der Waals surface area contributed by atoms with E-state index in [0.29, 0.717) is 25.7 Å². The van der Waals surface area contributed by atoms with Crippen LogP contribution in [0.5, 0.6) is 0 Å². The molecule has 0 N–H and O–H groups in total. The monoisotopic (exact) mass is 264 g/mol. The van der Waals surface area contributed by atoms with Gasteiger partial charge in [-0.3, -0.25) is 9.59 Å². The molecule has 0 bridgehead atoms. The molecule has 0 radical (unpaired) electrons. The van der Waals surface area contributed by atoms with Gasteiger partial charge in [0.15, 0.2) is 11.6 Å². The Morgan fingerprint density at radius 2 is 0.950 bits per heavy atom. The van der Waals surface area contributed by atoms with Crippen molar-refractivity contribution in [2.75, 3.05) is 0 Å². The van der Waals surface area contributed by atoms with Gasteiger partial charge in [0.2, 0.25) is 0 Å². The zero-order valence-electron chi connectivity index (χ0n) is 11.3. The van der Waals surface area contributed by atoms with Crippen LogP contribution in [0.1, 0.15) is 44.7 Å². The molecule has 2 aromatic rings. The fourth-order valence-corrected chi connectivity index (χ4v) is 2.79. The molecule has 3 rings (SSSR count). The van der Waals surface area contributed by atoms with Crippen LogP contribution in [0.4, 0.5) is 0 Å². The molecule has 2 nitrogen and oxygen atoms in total. The van der Waals surface area contributed by atoms with E-state index >= 15 is 0 Å². The minimum atomic E-state index is 0.171. The molecule has 0 saturated heterocycles. The van der Waals surface area contributed by atoms with E-state index in [0.717, 1.165) is 22.3 Å². The van der Waals surface area contributed by atoms with Crippen LogP contribution in [0.2, 0.25) is 0 Å². The highest BCUT2D eigenvalue weighted by Gasteiger charge is 2.17. The molecule has 0 fully saturated rings. The lowest BCUT2D eigenvalue weighted by atomic mass is 9.90. The highest BCUT2D eigenvalue weighted by molar-refractivity contribution is 6.00. The zero-order chi connectivity index (χ0) is 13.9. The summed E-state index contributed by atoms with van der Waals surface area (Å²) in [4.78, 5) is 24.7. The van der Waals surface area contributed by atoms with Crippen LogP contribution in [0, 0.1) is 0 Å². The lowest BCUT2D eigenvalue weighted by Crippen LogP contribution is -2.12. The molecule has 0 atom stereocenters. The number of hydrogen-bond donors (Lipinski definition) is 0. The number of ketones is 2. The van der Waals surface area contributed by atoms with Crippen LogP contribution in [0.25, 0.3) is 0 Å². The second kappa shape index (κ2) is 5.41. The van der Waals surface area contributed by atoms with E-state index in [9.17, 15) is 9.59 Å². The molecule has 0 spiro atoms. The third-order valence-electron chi connectivity index (χ3n) is 3.88. The summed E-state index contributed by atoms with van der Waals surface area (Å²) in [5.41, 5.74) is 3.54. The van der Waals surface area contributed by atoms with Gasteiger partial charge in [0.1, 0.15) is 0 Å². The van der Waals surface area contributed by atoms with Gasteiger partial charge in [-0.1, -0.05) is 48.5 Å². The first kappa shape index (κ1) is 12.8. The van der Waals surface area contributed by atoms with Gasteiger partial charge >= 0.3 is 0 Å². The molecule has 0 amide bonds. The molecule has 0 saturated carbocycles. The largest absolute Gasteiger partial charge is 0.294 e. The van der Waals surface area contributed by atoms with E-state index in [-0.39, 0.29) is 11.6 Å². The Kier molecular flexibility index (Phi) is 3.46. The Morgan fingerprint density at radius 3 is 1.40 bits per heavy atom. The molecule has 1 aliphatic carbocycles. The summed E-state index contributed by atoms with van der Waals surface area (Å²) in [6, 6.07) is 15.3. The number of hydrogen-bond acceptors (Lipinski definition) is 2. The Bertz CT molecular complexity index is 611. The standard InChI is InChI=1S/C18H16O2/c19-17-12-10-14-6-2-4-8-16(14)18(20)11-9-13-5-1-3-7-15(13)17/h1-8H,9-12H2. The second-order valence-electron chi connectivity index (χ2n) is 5.16. The summed E-state index contributed by atoms with van der Waals surface area (Å²) in [6.45, 7) is 0. The number of rotatable bonds is 0. The summed E-state index contributed by atoms with van der Waals surface area (Å²) in [7, 11) is 0. The molecule has 1 aliphatic rings. The van der Waals surface area contributed by atoms with E-state index in [4.69, 9.17) is 0 Å². The number of carbonyl (C=O) groups is 2. The van der Waals surface area contributed by atoms with Crippen LogP contribution >= 0.6 is 0 Å². The highest BCUT2D eigenvalue weighted by atomic mass is 16.1. The fourth-order valence-electron chi connectivity index (χ4n) is 2.79. The van der Waals surface area contributed by atoms with Gasteiger partial charge in [-0.15, -0.1) is 0 Å². The first-order valence-corrected chi connectivity index (χ1v) is 6.98. The van der Waals surface area contributed by atoms with Gasteiger partial charge in [0, 0.05) is 24.0 Å². The summed E-state index contributed by atoms with van der Waals surface area (Å²) in [5.74, 6) is 0.342. The third kappa shape index (κ3) is 2.42. The Labute approximate surface area is 118 Å². The average molecular weight is 264 g/mol. The minimum absolute atomic E-state index is 0.171. The van der Waals surface area contributed by atoms with E-state index in [1.165, 1.54) is 0 Å². The number of fused-ring (bicyclic) bond motifs is 2. The molecule has 100 valence electrons. The van der Waals surface area contributed by atoms with Crippen molar-refractivity contribution in [3.8, 4) is 0 Å². The van der Waals surface area contributed by atoms with Crippen molar-refractivity contribution in [2.24, 2.45) is 0 Å². The number of carbonyl (C=O) groups excluding carboxylic acids is 2. The first-order chi connectivity index (χ1) is 9.75. The van der Waals surface area contributed by atoms with E-state index in [1.54, 1.807) is 0 Å². The summed E-state index contributed by atoms with van der Waals surface area (Å²) >= 11 is 0. The Balaban J connectivity index is 2.00. The van der Waals surface area contributed by atoms with Crippen molar-refractivity contribution in [3.05, 3.63) is 70.8 Å². The molecule has 0 aromatic heterocycles. The van der Waals surface area contributed by atoms with Crippen LogP contribution in [-0.2, 0) is 12.8 Å². The molecular formula is C18H16O2. The normalized spacial score (nSPS) is 15.4. The zero-order valence-corrected chi connectivity index (χ0v) is 11.3. The van der Waals surface area contributed by atoms with Crippen molar-refractivity contribution in [1.82, 2.24) is 0 Å². The smallest absolute Gasteiger partial charge is 0.163 e. The predicted octanol–water partition coefficient (Wildman–Crippen LogP) is 3.63. The molecule has 2 heteroatoms. The number of aryl methyl sites for hydroxylation is 2. The molecule has 0 aliphatic heterocycles. The highest BCUT2D eigenvalue weighted by Crippen LogP contribution is 2.21. The van der Waals surface area contributed by atoms with Crippen molar-refractivity contribution in [3.63, 3.8) is 0 Å². The average Bonchev–Trinajstić information content (AvgIpc) is 2.50. The van der Waals surface area contributed by atoms with Crippen molar-refractivity contribution in [2.45, 2.75) is 25.7 Å². The Hall–Kier alpha value is -2.22. The SMILES string of the molecule is O=C1CCc2ccccc2C(=O)CCc2ccccc21. The summed E-state index contributed by atoms with van der Waals surface area (Å²) in [6.07, 6.45) is 2.19. The van der Waals surface area contributed by atoms with Gasteiger partial charge in [-0.2, -0.15) is 0 Å². The van der Waals surface area contributed by atoms with E-state index < -0.39 is 0 Å². The van der Waals surface area contributed by atoms with Gasteiger partial charge < -0.3 is 0 Å². The van der Waals surface area contributed by atoms with Crippen LogP contribution in [0.15, 0.2) is 48.5 Å². The molecule has 0 unspecified atom stereocenters. The maximum absolute atomic E-state index is 12.3. The lowest BCUT2D eigenvalue weighted by molar-refractivity contribution is 0.0961. The van der Waals surface area contributed by atoms with Gasteiger partial charge in [0.25, 0.3) is 0 Å². The molecule has 20 heavy (non-hydrogen) atoms. The van der Waals surface area contributed by atoms with E-state index in [2.05, 4.69) is 0 Å². The van der Waals surface area contributed by atoms with Crippen LogP contribution < -0.4 is 0 Å². The fraction of sp³-hybridized carbons (Fsp3) is 0.222. The number of Topliss-reactive ketones (excluding diaryl/α,β-unsaturated/α-hetero) is 2. The number of benzene rings is 2. The lowest BCUT2D eigenvalue weighted by Gasteiger charge is -2.13. The van der Waals surface area contributed by atoms with Crippen LogP contribution in [0.3, 0.4) is 0 Å². The second-order valence-corrected chi connectivity index (χ2v) is 5.16. The topological polar surface area (TPSA) is 34.1 Å². The van der Waals surface area contributed by atoms with Gasteiger partial charge in [0.05, 0.1) is 0 Å².